The van der Waals surface area contributed by atoms with Crippen LogP contribution in [0.4, 0.5) is 0 Å². The van der Waals surface area contributed by atoms with E-state index in [0.717, 1.165) is 5.92 Å². The molecule has 0 saturated heterocycles. The van der Waals surface area contributed by atoms with Crippen LogP contribution < -0.4 is 0 Å². The largest absolute Gasteiger partial charge is 0.0622 e. The fourth-order valence-corrected chi connectivity index (χ4v) is 2.04. The van der Waals surface area contributed by atoms with E-state index < -0.39 is 0 Å². The summed E-state index contributed by atoms with van der Waals surface area (Å²) < 4.78 is 0. The smallest absolute Gasteiger partial charge is 0.0159 e. The number of benzene rings is 1. The average Bonchev–Trinajstić information content (AvgIpc) is 2.54. The Balaban J connectivity index is 2.11. The maximum absolute atomic E-state index is 5.86. The van der Waals surface area contributed by atoms with E-state index in [0.29, 0.717) is 5.92 Å². The molecule has 1 saturated carbocycles. The fourth-order valence-electron chi connectivity index (χ4n) is 2.04. The second-order valence-corrected chi connectivity index (χ2v) is 3.68. The molecule has 0 heterocycles. The molecule has 0 nitrogen and oxygen atoms in total. The Hall–Kier alpha value is -0.780. The van der Waals surface area contributed by atoms with Gasteiger partial charge in [0, 0.05) is 0 Å². The van der Waals surface area contributed by atoms with Gasteiger partial charge in [0.25, 0.3) is 0 Å². The summed E-state index contributed by atoms with van der Waals surface area (Å²) in [5.74, 6) is 1.16. The van der Waals surface area contributed by atoms with Gasteiger partial charge in [-0.3, -0.25) is 0 Å². The Morgan fingerprint density at radius 3 is 2.42 bits per heavy atom. The first kappa shape index (κ1) is 7.85. The van der Waals surface area contributed by atoms with E-state index in [2.05, 4.69) is 30.3 Å². The Labute approximate surface area is 74.6 Å². The predicted octanol–water partition coefficient (Wildman–Crippen LogP) is 3.28. The van der Waals surface area contributed by atoms with Crippen molar-refractivity contribution in [1.29, 1.82) is 0 Å². The summed E-state index contributed by atoms with van der Waals surface area (Å²) in [5.41, 5.74) is 1.46. The minimum Gasteiger partial charge on any atom is -0.0622 e. The zero-order valence-electron chi connectivity index (χ0n) is 7.24. The van der Waals surface area contributed by atoms with Crippen molar-refractivity contribution < 1.29 is 0 Å². The molecule has 0 spiro atoms. The van der Waals surface area contributed by atoms with E-state index in [4.69, 9.17) is 6.92 Å². The van der Waals surface area contributed by atoms with Crippen LogP contribution in [0.2, 0.25) is 0 Å². The van der Waals surface area contributed by atoms with Gasteiger partial charge >= 0.3 is 0 Å². The molecule has 0 N–H and O–H groups in total. The van der Waals surface area contributed by atoms with Gasteiger partial charge in [0.05, 0.1) is 0 Å². The van der Waals surface area contributed by atoms with Crippen LogP contribution in [0.15, 0.2) is 30.3 Å². The highest BCUT2D eigenvalue weighted by atomic mass is 14.3. The lowest BCUT2D eigenvalue weighted by Crippen LogP contribution is -1.92. The maximum atomic E-state index is 5.86. The Morgan fingerprint density at radius 2 is 1.83 bits per heavy atom. The van der Waals surface area contributed by atoms with Gasteiger partial charge in [-0.05, 0) is 43.6 Å². The van der Waals surface area contributed by atoms with Crippen molar-refractivity contribution in [2.24, 2.45) is 5.92 Å². The lowest BCUT2D eigenvalue weighted by atomic mass is 9.97. The maximum Gasteiger partial charge on any atom is -0.0159 e. The summed E-state index contributed by atoms with van der Waals surface area (Å²) in [7, 11) is 0. The van der Waals surface area contributed by atoms with Crippen LogP contribution in [-0.4, -0.2) is 0 Å². The molecule has 1 aromatic carbocycles. The molecule has 62 valence electrons. The third-order valence-electron chi connectivity index (χ3n) is 2.74. The molecular formula is C12H14. The topological polar surface area (TPSA) is 0 Å². The van der Waals surface area contributed by atoms with Gasteiger partial charge < -0.3 is 0 Å². The van der Waals surface area contributed by atoms with Crippen molar-refractivity contribution in [3.05, 3.63) is 42.8 Å². The summed E-state index contributed by atoms with van der Waals surface area (Å²) in [6.45, 7) is 5.86. The summed E-state index contributed by atoms with van der Waals surface area (Å²) in [5, 5.41) is 0. The van der Waals surface area contributed by atoms with E-state index in [9.17, 15) is 0 Å². The van der Waals surface area contributed by atoms with E-state index in [1.165, 1.54) is 24.8 Å². The van der Waals surface area contributed by atoms with Crippen LogP contribution in [0.25, 0.3) is 0 Å². The number of rotatable bonds is 1. The first-order chi connectivity index (χ1) is 5.86. The third-order valence-corrected chi connectivity index (χ3v) is 2.74. The van der Waals surface area contributed by atoms with Gasteiger partial charge in [-0.2, -0.15) is 0 Å². The van der Waals surface area contributed by atoms with Crippen LogP contribution in [0, 0.1) is 12.8 Å². The lowest BCUT2D eigenvalue weighted by molar-refractivity contribution is 0.655. The van der Waals surface area contributed by atoms with E-state index in [1.54, 1.807) is 0 Å². The zero-order chi connectivity index (χ0) is 8.39. The number of hydrogen-bond donors (Lipinski definition) is 0. The van der Waals surface area contributed by atoms with E-state index in [-0.39, 0.29) is 0 Å². The molecule has 2 radical (unpaired) electrons. The van der Waals surface area contributed by atoms with Gasteiger partial charge in [0.2, 0.25) is 0 Å². The van der Waals surface area contributed by atoms with Crippen LogP contribution >= 0.6 is 0 Å². The molecule has 1 aliphatic carbocycles. The molecule has 0 amide bonds. The molecule has 1 aliphatic rings. The van der Waals surface area contributed by atoms with Gasteiger partial charge in [0.1, 0.15) is 0 Å². The molecule has 1 aromatic rings. The first-order valence-electron chi connectivity index (χ1n) is 4.67. The molecule has 0 aliphatic heterocycles. The van der Waals surface area contributed by atoms with Crippen LogP contribution in [-0.2, 0) is 0 Å². The Bertz CT molecular complexity index is 237. The molecule has 0 aromatic heterocycles. The van der Waals surface area contributed by atoms with Crippen LogP contribution in [0.1, 0.15) is 30.7 Å². The highest BCUT2D eigenvalue weighted by molar-refractivity contribution is 5.20. The average molecular weight is 158 g/mol. The molecule has 1 fully saturated rings. The SMILES string of the molecule is [CH]C1CCC(c2ccccc2)C1. The molecule has 0 bridgehead atoms. The second-order valence-electron chi connectivity index (χ2n) is 3.68. The number of hydrogen-bond acceptors (Lipinski definition) is 0. The van der Waals surface area contributed by atoms with Gasteiger partial charge in [0.15, 0.2) is 0 Å². The predicted molar refractivity (Wildman–Crippen MR) is 50.8 cm³/mol. The molecule has 2 rings (SSSR count). The summed E-state index contributed by atoms with van der Waals surface area (Å²) >= 11 is 0. The van der Waals surface area contributed by atoms with Crippen molar-refractivity contribution in [1.82, 2.24) is 0 Å². The van der Waals surface area contributed by atoms with Gasteiger partial charge in [-0.1, -0.05) is 30.3 Å². The summed E-state index contributed by atoms with van der Waals surface area (Å²) in [4.78, 5) is 0. The Kier molecular flexibility index (Phi) is 2.16. The molecule has 0 heteroatoms. The monoisotopic (exact) mass is 158 g/mol. The van der Waals surface area contributed by atoms with Crippen molar-refractivity contribution in [3.63, 3.8) is 0 Å². The minimum atomic E-state index is 0.440. The second kappa shape index (κ2) is 3.30. The minimum absolute atomic E-state index is 0.440. The highest BCUT2D eigenvalue weighted by Crippen LogP contribution is 2.37. The molecule has 2 atom stereocenters. The lowest BCUT2D eigenvalue weighted by Gasteiger charge is -2.08. The zero-order valence-corrected chi connectivity index (χ0v) is 7.24. The third kappa shape index (κ3) is 1.52. The van der Waals surface area contributed by atoms with Gasteiger partial charge in [-0.15, -0.1) is 0 Å². The first-order valence-corrected chi connectivity index (χ1v) is 4.67. The molecular weight excluding hydrogens is 144 g/mol. The van der Waals surface area contributed by atoms with Crippen molar-refractivity contribution in [2.45, 2.75) is 25.2 Å². The fraction of sp³-hybridized carbons (Fsp3) is 0.417. The van der Waals surface area contributed by atoms with Crippen LogP contribution in [0.3, 0.4) is 0 Å². The highest BCUT2D eigenvalue weighted by Gasteiger charge is 2.22. The standard InChI is InChI=1S/C12H14/c1-10-7-8-12(9-10)11-5-3-2-4-6-11/h1-6,10,12H,7-9H2. The summed E-state index contributed by atoms with van der Waals surface area (Å²) in [6, 6.07) is 10.7. The van der Waals surface area contributed by atoms with Crippen molar-refractivity contribution >= 4 is 0 Å². The van der Waals surface area contributed by atoms with Gasteiger partial charge in [-0.25, -0.2) is 0 Å². The normalized spacial score (nSPS) is 29.1. The molecule has 12 heavy (non-hydrogen) atoms. The quantitative estimate of drug-likeness (QED) is 0.588. The van der Waals surface area contributed by atoms with Crippen molar-refractivity contribution in [3.8, 4) is 0 Å². The Morgan fingerprint density at radius 1 is 1.08 bits per heavy atom. The van der Waals surface area contributed by atoms with Crippen LogP contribution in [0.5, 0.6) is 0 Å². The van der Waals surface area contributed by atoms with E-state index >= 15 is 0 Å². The van der Waals surface area contributed by atoms with E-state index in [1.807, 2.05) is 0 Å². The molecule has 2 unspecified atom stereocenters. The van der Waals surface area contributed by atoms with Crippen molar-refractivity contribution in [2.75, 3.05) is 0 Å². The summed E-state index contributed by atoms with van der Waals surface area (Å²) in [6.07, 6.45) is 3.63.